The first-order valence-electron chi connectivity index (χ1n) is 9.13. The second kappa shape index (κ2) is 7.41. The minimum atomic E-state index is 0.00345. The molecular formula is C17H29N7O. The van der Waals surface area contributed by atoms with E-state index in [2.05, 4.69) is 44.2 Å². The molecule has 1 aliphatic heterocycles. The van der Waals surface area contributed by atoms with Gasteiger partial charge in [0.2, 0.25) is 5.91 Å². The molecule has 0 bridgehead atoms. The number of hydrogen-bond donors (Lipinski definition) is 2. The number of aryl methyl sites for hydroxylation is 1. The van der Waals surface area contributed by atoms with E-state index in [-0.39, 0.29) is 18.5 Å². The fourth-order valence-electron chi connectivity index (χ4n) is 2.93. The zero-order chi connectivity index (χ0) is 18.0. The molecule has 1 saturated carbocycles. The quantitative estimate of drug-likeness (QED) is 0.598. The van der Waals surface area contributed by atoms with Gasteiger partial charge in [-0.15, -0.1) is 10.2 Å². The number of carbonyl (C=O) groups is 1. The van der Waals surface area contributed by atoms with Crippen LogP contribution in [0.15, 0.2) is 4.99 Å². The number of rotatable bonds is 5. The van der Waals surface area contributed by atoms with Gasteiger partial charge in [-0.3, -0.25) is 4.79 Å². The molecule has 1 amide bonds. The smallest absolute Gasteiger partial charge is 0.243 e. The van der Waals surface area contributed by atoms with Crippen LogP contribution in [0.25, 0.3) is 0 Å². The summed E-state index contributed by atoms with van der Waals surface area (Å²) in [6.45, 7) is 5.28. The monoisotopic (exact) mass is 347 g/mol. The molecule has 1 aromatic rings. The highest BCUT2D eigenvalue weighted by atomic mass is 16.2. The van der Waals surface area contributed by atoms with Gasteiger partial charge in [-0.1, -0.05) is 13.8 Å². The molecular weight excluding hydrogens is 318 g/mol. The normalized spacial score (nSPS) is 20.4. The lowest BCUT2D eigenvalue weighted by atomic mass is 10.1. The molecule has 0 radical (unpaired) electrons. The van der Waals surface area contributed by atoms with E-state index >= 15 is 0 Å². The lowest BCUT2D eigenvalue weighted by molar-refractivity contribution is -0.127. The minimum absolute atomic E-state index is 0.00345. The summed E-state index contributed by atoms with van der Waals surface area (Å²) < 4.78 is 2.23. The molecule has 25 heavy (non-hydrogen) atoms. The van der Waals surface area contributed by atoms with Gasteiger partial charge in [-0.25, -0.2) is 4.99 Å². The topological polar surface area (TPSA) is 87.4 Å². The lowest BCUT2D eigenvalue weighted by Crippen LogP contribution is -2.48. The van der Waals surface area contributed by atoms with Gasteiger partial charge in [0, 0.05) is 45.1 Å². The van der Waals surface area contributed by atoms with Gasteiger partial charge < -0.3 is 20.1 Å². The summed E-state index contributed by atoms with van der Waals surface area (Å²) in [5.74, 6) is 3.21. The predicted molar refractivity (Wildman–Crippen MR) is 96.5 cm³/mol. The average Bonchev–Trinajstić information content (AvgIpc) is 3.27. The van der Waals surface area contributed by atoms with E-state index in [0.29, 0.717) is 12.0 Å². The number of guanidine groups is 1. The van der Waals surface area contributed by atoms with Crippen LogP contribution in [-0.2, 0) is 17.8 Å². The van der Waals surface area contributed by atoms with E-state index in [1.165, 1.54) is 12.8 Å². The Morgan fingerprint density at radius 3 is 2.60 bits per heavy atom. The first kappa shape index (κ1) is 17.7. The molecule has 8 nitrogen and oxygen atoms in total. The van der Waals surface area contributed by atoms with Crippen molar-refractivity contribution >= 4 is 11.9 Å². The van der Waals surface area contributed by atoms with Crippen molar-refractivity contribution in [1.29, 1.82) is 0 Å². The van der Waals surface area contributed by atoms with Gasteiger partial charge in [0.15, 0.2) is 5.96 Å². The Bertz CT molecular complexity index is 645. The number of aromatic nitrogens is 3. The van der Waals surface area contributed by atoms with Gasteiger partial charge >= 0.3 is 0 Å². The molecule has 2 heterocycles. The summed E-state index contributed by atoms with van der Waals surface area (Å²) in [4.78, 5) is 17.9. The Morgan fingerprint density at radius 1 is 1.24 bits per heavy atom. The molecule has 1 aliphatic carbocycles. The van der Waals surface area contributed by atoms with Crippen molar-refractivity contribution in [2.75, 3.05) is 20.6 Å². The standard InChI is InChI=1S/C17H29N7O/c1-11(2)16-22-21-14-8-7-13(10-24(14)16)20-17(19-12-5-6-12)18-9-15(25)23(3)4/h11-13H,5-10H2,1-4H3,(H2,18,19,20). The van der Waals surface area contributed by atoms with Crippen LogP contribution in [0.2, 0.25) is 0 Å². The molecule has 0 saturated heterocycles. The van der Waals surface area contributed by atoms with Gasteiger partial charge in [-0.2, -0.15) is 0 Å². The lowest BCUT2D eigenvalue weighted by Gasteiger charge is -2.27. The number of nitrogens with one attached hydrogen (secondary N) is 2. The maximum absolute atomic E-state index is 11.8. The number of fused-ring (bicyclic) bond motifs is 1. The van der Waals surface area contributed by atoms with Crippen LogP contribution < -0.4 is 10.6 Å². The second-order valence-corrected chi connectivity index (χ2v) is 7.49. The van der Waals surface area contributed by atoms with E-state index in [4.69, 9.17) is 0 Å². The second-order valence-electron chi connectivity index (χ2n) is 7.49. The summed E-state index contributed by atoms with van der Waals surface area (Å²) in [6.07, 6.45) is 4.23. The molecule has 0 spiro atoms. The van der Waals surface area contributed by atoms with E-state index in [0.717, 1.165) is 37.0 Å². The van der Waals surface area contributed by atoms with Crippen molar-refractivity contribution in [1.82, 2.24) is 30.3 Å². The SMILES string of the molecule is CC(C)c1nnc2n1CC(NC(=NCC(=O)N(C)C)NC1CC1)CC2. The maximum Gasteiger partial charge on any atom is 0.243 e. The summed E-state index contributed by atoms with van der Waals surface area (Å²) >= 11 is 0. The Labute approximate surface area is 149 Å². The van der Waals surface area contributed by atoms with E-state index in [9.17, 15) is 4.79 Å². The summed E-state index contributed by atoms with van der Waals surface area (Å²) in [6, 6.07) is 0.751. The third-order valence-corrected chi connectivity index (χ3v) is 4.62. The molecule has 1 unspecified atom stereocenters. The van der Waals surface area contributed by atoms with Crippen LogP contribution in [-0.4, -0.2) is 64.3 Å². The van der Waals surface area contributed by atoms with Gasteiger partial charge in [0.25, 0.3) is 0 Å². The highest BCUT2D eigenvalue weighted by molar-refractivity contribution is 5.85. The highest BCUT2D eigenvalue weighted by Crippen LogP contribution is 2.21. The number of likely N-dealkylation sites (N-methyl/N-ethyl adjacent to an activating group) is 1. The Kier molecular flexibility index (Phi) is 5.24. The molecule has 1 aromatic heterocycles. The molecule has 138 valence electrons. The zero-order valence-corrected chi connectivity index (χ0v) is 15.6. The van der Waals surface area contributed by atoms with E-state index in [1.54, 1.807) is 19.0 Å². The number of aliphatic imine (C=N–C) groups is 1. The third kappa shape index (κ3) is 4.49. The fraction of sp³-hybridized carbons (Fsp3) is 0.765. The Morgan fingerprint density at radius 2 is 1.96 bits per heavy atom. The Balaban J connectivity index is 1.66. The van der Waals surface area contributed by atoms with Crippen LogP contribution in [0, 0.1) is 0 Å². The van der Waals surface area contributed by atoms with Crippen molar-refractivity contribution in [2.45, 2.75) is 64.1 Å². The largest absolute Gasteiger partial charge is 0.354 e. The van der Waals surface area contributed by atoms with Crippen LogP contribution in [0.3, 0.4) is 0 Å². The highest BCUT2D eigenvalue weighted by Gasteiger charge is 2.27. The first-order chi connectivity index (χ1) is 11.9. The van der Waals surface area contributed by atoms with Crippen LogP contribution in [0.4, 0.5) is 0 Å². The summed E-state index contributed by atoms with van der Waals surface area (Å²) in [5.41, 5.74) is 0. The molecule has 3 rings (SSSR count). The molecule has 1 atom stereocenters. The van der Waals surface area contributed by atoms with Crippen molar-refractivity contribution < 1.29 is 4.79 Å². The van der Waals surface area contributed by atoms with E-state index < -0.39 is 0 Å². The third-order valence-electron chi connectivity index (χ3n) is 4.62. The van der Waals surface area contributed by atoms with Crippen molar-refractivity contribution in [3.8, 4) is 0 Å². The van der Waals surface area contributed by atoms with Crippen molar-refractivity contribution in [2.24, 2.45) is 4.99 Å². The molecule has 1 fully saturated rings. The zero-order valence-electron chi connectivity index (χ0n) is 15.6. The van der Waals surface area contributed by atoms with Crippen molar-refractivity contribution in [3.63, 3.8) is 0 Å². The number of carbonyl (C=O) groups excluding carboxylic acids is 1. The van der Waals surface area contributed by atoms with Crippen LogP contribution in [0.1, 0.15) is 50.7 Å². The van der Waals surface area contributed by atoms with Gasteiger partial charge in [0.1, 0.15) is 18.2 Å². The fourth-order valence-corrected chi connectivity index (χ4v) is 2.93. The van der Waals surface area contributed by atoms with Gasteiger partial charge in [0.05, 0.1) is 0 Å². The van der Waals surface area contributed by atoms with Crippen LogP contribution in [0.5, 0.6) is 0 Å². The number of hydrogen-bond acceptors (Lipinski definition) is 4. The first-order valence-corrected chi connectivity index (χ1v) is 9.13. The number of amides is 1. The molecule has 2 aliphatic rings. The molecule has 0 aromatic carbocycles. The minimum Gasteiger partial charge on any atom is -0.354 e. The number of nitrogens with zero attached hydrogens (tertiary/aromatic N) is 5. The summed E-state index contributed by atoms with van der Waals surface area (Å²) in [5, 5.41) is 15.6. The summed E-state index contributed by atoms with van der Waals surface area (Å²) in [7, 11) is 3.50. The van der Waals surface area contributed by atoms with Gasteiger partial charge in [-0.05, 0) is 19.3 Å². The molecule has 8 heteroatoms. The molecule has 2 N–H and O–H groups in total. The van der Waals surface area contributed by atoms with Crippen LogP contribution >= 0.6 is 0 Å². The van der Waals surface area contributed by atoms with E-state index in [1.807, 2.05) is 0 Å². The Hall–Kier alpha value is -2.12. The predicted octanol–water partition coefficient (Wildman–Crippen LogP) is 0.502. The maximum atomic E-state index is 11.8. The average molecular weight is 347 g/mol. The van der Waals surface area contributed by atoms with Crippen molar-refractivity contribution in [3.05, 3.63) is 11.6 Å².